The normalized spacial score (nSPS) is 13.7. The van der Waals surface area contributed by atoms with E-state index in [4.69, 9.17) is 14.2 Å². The maximum atomic E-state index is 13.3. The average molecular weight is 576 g/mol. The van der Waals surface area contributed by atoms with Gasteiger partial charge < -0.3 is 18.8 Å². The Morgan fingerprint density at radius 2 is 1.67 bits per heavy atom. The van der Waals surface area contributed by atoms with Gasteiger partial charge in [-0.25, -0.2) is 8.42 Å². The van der Waals surface area contributed by atoms with Crippen LogP contribution in [0.15, 0.2) is 46.3 Å². The van der Waals surface area contributed by atoms with Crippen LogP contribution in [0.3, 0.4) is 0 Å². The second kappa shape index (κ2) is 11.9. The first-order valence-electron chi connectivity index (χ1n) is 12.8. The molecule has 0 spiro atoms. The van der Waals surface area contributed by atoms with Gasteiger partial charge in [0.1, 0.15) is 6.54 Å². The molecule has 0 fully saturated rings. The Morgan fingerprint density at radius 1 is 1.05 bits per heavy atom. The quantitative estimate of drug-likeness (QED) is 0.335. The number of hydrogen-bond acceptors (Lipinski definition) is 8. The number of rotatable bonds is 10. The fourth-order valence-corrected chi connectivity index (χ4v) is 6.99. The molecular formula is C27H33N3O7S2. The third-order valence-electron chi connectivity index (χ3n) is 5.84. The molecule has 2 heterocycles. The van der Waals surface area contributed by atoms with Crippen LogP contribution in [-0.2, 0) is 26.1 Å². The maximum absolute atomic E-state index is 13.3. The fourth-order valence-electron chi connectivity index (χ4n) is 4.19. The maximum Gasteiger partial charge on any atom is 0.326 e. The highest BCUT2D eigenvalue weighted by atomic mass is 32.2. The molecule has 0 aliphatic carbocycles. The van der Waals surface area contributed by atoms with E-state index in [2.05, 4.69) is 4.99 Å². The molecule has 39 heavy (non-hydrogen) atoms. The average Bonchev–Trinajstić information content (AvgIpc) is 3.45. The zero-order valence-electron chi connectivity index (χ0n) is 22.7. The van der Waals surface area contributed by atoms with Gasteiger partial charge in [0.15, 0.2) is 16.3 Å². The summed E-state index contributed by atoms with van der Waals surface area (Å²) in [5.74, 6) is 0.414. The predicted molar refractivity (Wildman–Crippen MR) is 147 cm³/mol. The Kier molecular flexibility index (Phi) is 8.77. The van der Waals surface area contributed by atoms with E-state index >= 15 is 0 Å². The Labute approximate surface area is 231 Å². The summed E-state index contributed by atoms with van der Waals surface area (Å²) in [6, 6.07) is 9.32. The predicted octanol–water partition coefficient (Wildman–Crippen LogP) is 4.04. The Balaban J connectivity index is 1.68. The molecule has 0 unspecified atom stereocenters. The number of thiazole rings is 1. The van der Waals surface area contributed by atoms with Gasteiger partial charge in [-0.2, -0.15) is 9.30 Å². The van der Waals surface area contributed by atoms with Gasteiger partial charge in [0.05, 0.1) is 21.7 Å². The first-order valence-corrected chi connectivity index (χ1v) is 15.0. The van der Waals surface area contributed by atoms with E-state index in [0.717, 1.165) is 4.70 Å². The number of carbonyl (C=O) groups excluding carboxylic acids is 2. The summed E-state index contributed by atoms with van der Waals surface area (Å²) in [5.41, 5.74) is 0.878. The SMILES string of the molecule is CCOC(=O)Cn1c(=NC(=O)c2ccc(S(=O)(=O)N(CC(C)C)CC(C)C)cc2)sc2cc3c(cc21)OCO3. The molecule has 12 heteroatoms. The molecule has 0 atom stereocenters. The lowest BCUT2D eigenvalue weighted by molar-refractivity contribution is -0.143. The number of sulfonamides is 1. The van der Waals surface area contributed by atoms with Crippen molar-refractivity contribution in [2.45, 2.75) is 46.1 Å². The van der Waals surface area contributed by atoms with Gasteiger partial charge in [0.2, 0.25) is 16.8 Å². The van der Waals surface area contributed by atoms with E-state index in [1.54, 1.807) is 23.6 Å². The number of aromatic nitrogens is 1. The number of amides is 1. The Bertz CT molecular complexity index is 1530. The zero-order chi connectivity index (χ0) is 28.3. The van der Waals surface area contributed by atoms with Crippen LogP contribution in [0.5, 0.6) is 11.5 Å². The van der Waals surface area contributed by atoms with Crippen molar-refractivity contribution in [3.8, 4) is 11.5 Å². The summed E-state index contributed by atoms with van der Waals surface area (Å²) in [4.78, 5) is 30.2. The molecule has 3 aromatic rings. The number of ether oxygens (including phenoxy) is 3. The molecule has 4 rings (SSSR count). The first-order chi connectivity index (χ1) is 18.5. The summed E-state index contributed by atoms with van der Waals surface area (Å²) >= 11 is 1.23. The molecular weight excluding hydrogens is 542 g/mol. The summed E-state index contributed by atoms with van der Waals surface area (Å²) in [5, 5.41) is 0. The molecule has 1 aromatic heterocycles. The molecule has 1 aliphatic heterocycles. The largest absolute Gasteiger partial charge is 0.465 e. The van der Waals surface area contributed by atoms with Crippen molar-refractivity contribution in [2.75, 3.05) is 26.5 Å². The second-order valence-electron chi connectivity index (χ2n) is 10.0. The summed E-state index contributed by atoms with van der Waals surface area (Å²) < 4.78 is 46.5. The van der Waals surface area contributed by atoms with Crippen LogP contribution in [0.25, 0.3) is 10.2 Å². The van der Waals surface area contributed by atoms with E-state index in [-0.39, 0.29) is 42.2 Å². The van der Waals surface area contributed by atoms with Crippen LogP contribution in [0.1, 0.15) is 45.0 Å². The van der Waals surface area contributed by atoms with Crippen molar-refractivity contribution >= 4 is 43.5 Å². The summed E-state index contributed by atoms with van der Waals surface area (Å²) in [6.45, 7) is 10.6. The molecule has 210 valence electrons. The highest BCUT2D eigenvalue weighted by molar-refractivity contribution is 7.89. The van der Waals surface area contributed by atoms with E-state index in [1.807, 2.05) is 27.7 Å². The van der Waals surface area contributed by atoms with Crippen molar-refractivity contribution in [3.05, 3.63) is 46.8 Å². The third-order valence-corrected chi connectivity index (χ3v) is 8.73. The lowest BCUT2D eigenvalue weighted by atomic mass is 10.2. The number of esters is 1. The van der Waals surface area contributed by atoms with Crippen molar-refractivity contribution in [3.63, 3.8) is 0 Å². The summed E-state index contributed by atoms with van der Waals surface area (Å²) in [7, 11) is -3.73. The smallest absolute Gasteiger partial charge is 0.326 e. The van der Waals surface area contributed by atoms with Gasteiger partial charge in [-0.3, -0.25) is 9.59 Å². The van der Waals surface area contributed by atoms with E-state index < -0.39 is 21.9 Å². The molecule has 0 radical (unpaired) electrons. The minimum Gasteiger partial charge on any atom is -0.465 e. The molecule has 1 aliphatic rings. The standard InChI is InChI=1S/C27H33N3O7S2/c1-6-35-25(31)15-30-21-11-22-23(37-16-36-22)12-24(21)38-27(30)28-26(32)19-7-9-20(10-8-19)39(33,34)29(13-17(2)3)14-18(4)5/h7-12,17-18H,6,13-16H2,1-5H3. The van der Waals surface area contributed by atoms with Crippen molar-refractivity contribution in [2.24, 2.45) is 16.8 Å². The third kappa shape index (κ3) is 6.51. The van der Waals surface area contributed by atoms with Crippen LogP contribution < -0.4 is 14.3 Å². The van der Waals surface area contributed by atoms with Gasteiger partial charge in [0, 0.05) is 30.8 Å². The van der Waals surface area contributed by atoms with E-state index in [0.29, 0.717) is 34.9 Å². The van der Waals surface area contributed by atoms with Crippen LogP contribution in [0.4, 0.5) is 0 Å². The topological polar surface area (TPSA) is 117 Å². The van der Waals surface area contributed by atoms with Gasteiger partial charge in [-0.05, 0) is 43.0 Å². The fraction of sp³-hybridized carbons (Fsp3) is 0.444. The molecule has 0 N–H and O–H groups in total. The monoisotopic (exact) mass is 575 g/mol. The van der Waals surface area contributed by atoms with Gasteiger partial charge in [-0.15, -0.1) is 0 Å². The number of fused-ring (bicyclic) bond motifs is 2. The number of carbonyl (C=O) groups is 2. The van der Waals surface area contributed by atoms with Gasteiger partial charge in [-0.1, -0.05) is 39.0 Å². The van der Waals surface area contributed by atoms with Crippen LogP contribution in [0, 0.1) is 11.8 Å². The van der Waals surface area contributed by atoms with E-state index in [1.165, 1.54) is 39.9 Å². The van der Waals surface area contributed by atoms with Crippen LogP contribution in [-0.4, -0.2) is 55.7 Å². The van der Waals surface area contributed by atoms with Gasteiger partial charge >= 0.3 is 5.97 Å². The highest BCUT2D eigenvalue weighted by Crippen LogP contribution is 2.37. The number of nitrogens with zero attached hydrogens (tertiary/aromatic N) is 3. The number of hydrogen-bond donors (Lipinski definition) is 0. The zero-order valence-corrected chi connectivity index (χ0v) is 24.3. The molecule has 1 amide bonds. The second-order valence-corrected chi connectivity index (χ2v) is 12.9. The van der Waals surface area contributed by atoms with E-state index in [9.17, 15) is 18.0 Å². The van der Waals surface area contributed by atoms with Crippen molar-refractivity contribution < 1.29 is 32.2 Å². The minimum absolute atomic E-state index is 0.110. The minimum atomic E-state index is -3.73. The first kappa shape index (κ1) is 28.8. The Morgan fingerprint density at radius 3 is 2.26 bits per heavy atom. The van der Waals surface area contributed by atoms with Crippen molar-refractivity contribution in [1.29, 1.82) is 0 Å². The molecule has 0 saturated heterocycles. The molecule has 2 aromatic carbocycles. The van der Waals surface area contributed by atoms with Crippen LogP contribution in [0.2, 0.25) is 0 Å². The van der Waals surface area contributed by atoms with Crippen molar-refractivity contribution in [1.82, 2.24) is 8.87 Å². The van der Waals surface area contributed by atoms with Crippen LogP contribution >= 0.6 is 11.3 Å². The summed E-state index contributed by atoms with van der Waals surface area (Å²) in [6.07, 6.45) is 0. The molecule has 10 nitrogen and oxygen atoms in total. The lowest BCUT2D eigenvalue weighted by Gasteiger charge is -2.25. The molecule has 0 saturated carbocycles. The molecule has 0 bridgehead atoms. The number of benzene rings is 2. The Hall–Kier alpha value is -3.22. The van der Waals surface area contributed by atoms with Gasteiger partial charge in [0.25, 0.3) is 5.91 Å². The lowest BCUT2D eigenvalue weighted by Crippen LogP contribution is -2.37. The highest BCUT2D eigenvalue weighted by Gasteiger charge is 2.26.